The van der Waals surface area contributed by atoms with Crippen molar-refractivity contribution in [3.05, 3.63) is 23.8 Å². The number of anilines is 1. The van der Waals surface area contributed by atoms with Gasteiger partial charge in [0.25, 0.3) is 0 Å². The summed E-state index contributed by atoms with van der Waals surface area (Å²) in [5.74, 6) is 0.492. The van der Waals surface area contributed by atoms with E-state index in [2.05, 4.69) is 4.90 Å². The minimum atomic E-state index is -0.679. The predicted octanol–water partition coefficient (Wildman–Crippen LogP) is 1.43. The van der Waals surface area contributed by atoms with Gasteiger partial charge in [0.05, 0.1) is 5.69 Å². The monoisotopic (exact) mass is 331 g/mol. The van der Waals surface area contributed by atoms with Gasteiger partial charge >= 0.3 is 0 Å². The topological polar surface area (TPSA) is 75.9 Å². The first kappa shape index (κ1) is 16.9. The summed E-state index contributed by atoms with van der Waals surface area (Å²) in [7, 11) is 1.66. The van der Waals surface area contributed by atoms with E-state index in [0.29, 0.717) is 23.4 Å². The third kappa shape index (κ3) is 3.60. The second kappa shape index (κ2) is 7.32. The predicted molar refractivity (Wildman–Crippen MR) is 92.6 cm³/mol. The van der Waals surface area contributed by atoms with Crippen LogP contribution in [0, 0.1) is 0 Å². The molecule has 2 aliphatic rings. The zero-order chi connectivity index (χ0) is 17.1. The Balaban J connectivity index is 1.66. The number of fused-ring (bicyclic) bond motifs is 1. The molecule has 1 aromatic rings. The first-order valence-electron chi connectivity index (χ1n) is 8.62. The molecule has 0 saturated carbocycles. The molecule has 0 aromatic heterocycles. The Kier molecular flexibility index (Phi) is 5.16. The molecule has 6 nitrogen and oxygen atoms in total. The average Bonchev–Trinajstić information content (AvgIpc) is 3.08. The number of nitrogens with two attached hydrogens (primary N) is 1. The summed E-state index contributed by atoms with van der Waals surface area (Å²) in [6.07, 6.45) is 3.92. The van der Waals surface area contributed by atoms with E-state index in [0.717, 1.165) is 26.1 Å². The summed E-state index contributed by atoms with van der Waals surface area (Å²) in [6, 6.07) is 4.59. The number of ketones is 1. The van der Waals surface area contributed by atoms with E-state index in [1.165, 1.54) is 17.7 Å². The van der Waals surface area contributed by atoms with Crippen LogP contribution in [0.15, 0.2) is 18.2 Å². The summed E-state index contributed by atoms with van der Waals surface area (Å²) < 4.78 is 5.58. The Morgan fingerprint density at radius 1 is 1.33 bits per heavy atom. The summed E-state index contributed by atoms with van der Waals surface area (Å²) in [6.45, 7) is 3.43. The molecular formula is C18H25N3O3. The number of nitrogens with zero attached hydrogens (tertiary/aromatic N) is 2. The Labute approximate surface area is 142 Å². The lowest BCUT2D eigenvalue weighted by molar-refractivity contribution is -0.119. The molecule has 0 aliphatic carbocycles. The van der Waals surface area contributed by atoms with Crippen molar-refractivity contribution in [3.63, 3.8) is 0 Å². The Morgan fingerprint density at radius 3 is 2.83 bits per heavy atom. The molecule has 0 radical (unpaired) electrons. The number of benzene rings is 1. The quantitative estimate of drug-likeness (QED) is 0.826. The lowest BCUT2D eigenvalue weighted by Gasteiger charge is -2.18. The van der Waals surface area contributed by atoms with Crippen LogP contribution in [0.1, 0.15) is 36.0 Å². The van der Waals surface area contributed by atoms with Crippen molar-refractivity contribution in [1.82, 2.24) is 4.90 Å². The fraction of sp³-hybridized carbons (Fsp3) is 0.556. The van der Waals surface area contributed by atoms with E-state index in [1.54, 1.807) is 25.2 Å². The first-order chi connectivity index (χ1) is 11.6. The number of rotatable bonds is 5. The Morgan fingerprint density at radius 2 is 2.08 bits per heavy atom. The van der Waals surface area contributed by atoms with E-state index in [4.69, 9.17) is 10.5 Å². The molecule has 2 N–H and O–H groups in total. The minimum Gasteiger partial charge on any atom is -0.489 e. The Hall–Kier alpha value is -1.92. The number of carbonyl (C=O) groups is 2. The highest BCUT2D eigenvalue weighted by atomic mass is 16.5. The van der Waals surface area contributed by atoms with Crippen LogP contribution in [0.4, 0.5) is 5.69 Å². The normalized spacial score (nSPS) is 21.3. The molecule has 3 rings (SSSR count). The number of Topliss-reactive ketones (excluding diaryl/α,β-unsaturated/α-hetero) is 1. The van der Waals surface area contributed by atoms with Crippen molar-refractivity contribution >= 4 is 17.4 Å². The van der Waals surface area contributed by atoms with Gasteiger partial charge in [0.15, 0.2) is 5.78 Å². The molecule has 6 heteroatoms. The van der Waals surface area contributed by atoms with Gasteiger partial charge in [-0.3, -0.25) is 9.59 Å². The fourth-order valence-electron chi connectivity index (χ4n) is 3.31. The number of carbonyl (C=O) groups excluding carboxylic acids is 2. The van der Waals surface area contributed by atoms with Crippen molar-refractivity contribution in [1.29, 1.82) is 0 Å². The molecule has 0 spiro atoms. The van der Waals surface area contributed by atoms with Crippen LogP contribution in [0.5, 0.6) is 5.75 Å². The maximum Gasteiger partial charge on any atom is 0.247 e. The summed E-state index contributed by atoms with van der Waals surface area (Å²) >= 11 is 0. The highest BCUT2D eigenvalue weighted by Gasteiger charge is 2.27. The maximum absolute atomic E-state index is 12.5. The van der Waals surface area contributed by atoms with Crippen molar-refractivity contribution in [2.45, 2.75) is 31.7 Å². The number of likely N-dealkylation sites (tertiary alicyclic amines) is 1. The number of likely N-dealkylation sites (N-methyl/N-ethyl adjacent to an activating group) is 1. The highest BCUT2D eigenvalue weighted by molar-refractivity contribution is 6.02. The molecule has 2 aliphatic heterocycles. The molecule has 0 unspecified atom stereocenters. The van der Waals surface area contributed by atoms with Crippen LogP contribution in [-0.4, -0.2) is 55.9 Å². The molecule has 0 bridgehead atoms. The van der Waals surface area contributed by atoms with Crippen molar-refractivity contribution in [2.24, 2.45) is 5.73 Å². The molecular weight excluding hydrogens is 306 g/mol. The molecule has 1 amide bonds. The first-order valence-corrected chi connectivity index (χ1v) is 8.62. The Bertz CT molecular complexity index is 626. The van der Waals surface area contributed by atoms with E-state index >= 15 is 0 Å². The van der Waals surface area contributed by atoms with Crippen LogP contribution >= 0.6 is 0 Å². The van der Waals surface area contributed by atoms with Gasteiger partial charge in [-0.2, -0.15) is 0 Å². The van der Waals surface area contributed by atoms with Crippen LogP contribution in [-0.2, 0) is 4.79 Å². The van der Waals surface area contributed by atoms with Crippen molar-refractivity contribution < 1.29 is 14.3 Å². The van der Waals surface area contributed by atoms with Crippen LogP contribution in [0.25, 0.3) is 0 Å². The maximum atomic E-state index is 12.5. The van der Waals surface area contributed by atoms with Gasteiger partial charge in [-0.05, 0) is 57.1 Å². The molecule has 1 saturated heterocycles. The van der Waals surface area contributed by atoms with E-state index < -0.39 is 6.04 Å². The number of hydrogen-bond donors (Lipinski definition) is 1. The summed E-state index contributed by atoms with van der Waals surface area (Å²) in [5, 5.41) is 0. The average molecular weight is 331 g/mol. The van der Waals surface area contributed by atoms with Gasteiger partial charge in [0.2, 0.25) is 5.91 Å². The van der Waals surface area contributed by atoms with Gasteiger partial charge in [0.1, 0.15) is 18.4 Å². The molecule has 130 valence electrons. The third-order valence-corrected chi connectivity index (χ3v) is 4.79. The minimum absolute atomic E-state index is 0.103. The molecule has 24 heavy (non-hydrogen) atoms. The highest BCUT2D eigenvalue weighted by Crippen LogP contribution is 2.31. The summed E-state index contributed by atoms with van der Waals surface area (Å²) in [5.41, 5.74) is 7.01. The standard InChI is InChI=1S/C18H25N3O3/c1-20-15-11-13(6-7-17(15)24-12-14(19)18(20)23)16(22)5-4-10-21-8-2-3-9-21/h6-7,11,14H,2-5,8-10,12,19H2,1H3/t14-/m0/s1. The lowest BCUT2D eigenvalue weighted by atomic mass is 10.0. The van der Waals surface area contributed by atoms with Crippen LogP contribution in [0.2, 0.25) is 0 Å². The summed E-state index contributed by atoms with van der Waals surface area (Å²) in [4.78, 5) is 28.5. The van der Waals surface area contributed by atoms with Crippen molar-refractivity contribution in [3.8, 4) is 5.75 Å². The van der Waals surface area contributed by atoms with Gasteiger partial charge < -0.3 is 20.3 Å². The molecule has 1 aromatic carbocycles. The van der Waals surface area contributed by atoms with Crippen molar-refractivity contribution in [2.75, 3.05) is 38.2 Å². The fourth-order valence-corrected chi connectivity index (χ4v) is 3.31. The number of ether oxygens (including phenoxy) is 1. The van der Waals surface area contributed by atoms with E-state index in [-0.39, 0.29) is 18.3 Å². The zero-order valence-corrected chi connectivity index (χ0v) is 14.2. The SMILES string of the molecule is CN1C(=O)[C@@H](N)COc2ccc(C(=O)CCCN3CCCC3)cc21. The number of amides is 1. The zero-order valence-electron chi connectivity index (χ0n) is 14.2. The third-order valence-electron chi connectivity index (χ3n) is 4.79. The second-order valence-electron chi connectivity index (χ2n) is 6.57. The van der Waals surface area contributed by atoms with Gasteiger partial charge in [-0.1, -0.05) is 0 Å². The van der Waals surface area contributed by atoms with Gasteiger partial charge in [-0.15, -0.1) is 0 Å². The van der Waals surface area contributed by atoms with Gasteiger partial charge in [0, 0.05) is 19.0 Å². The largest absolute Gasteiger partial charge is 0.489 e. The van der Waals surface area contributed by atoms with Crippen LogP contribution < -0.4 is 15.4 Å². The van der Waals surface area contributed by atoms with Gasteiger partial charge in [-0.25, -0.2) is 0 Å². The van der Waals surface area contributed by atoms with Crippen LogP contribution in [0.3, 0.4) is 0 Å². The molecule has 2 heterocycles. The molecule has 1 fully saturated rings. The lowest BCUT2D eigenvalue weighted by Crippen LogP contribution is -2.43. The smallest absolute Gasteiger partial charge is 0.247 e. The van der Waals surface area contributed by atoms with E-state index in [1.807, 2.05) is 0 Å². The second-order valence-corrected chi connectivity index (χ2v) is 6.57. The number of hydrogen-bond acceptors (Lipinski definition) is 5. The molecule has 1 atom stereocenters. The van der Waals surface area contributed by atoms with E-state index in [9.17, 15) is 9.59 Å².